The normalized spacial score (nSPS) is 19.2. The Morgan fingerprint density at radius 3 is 2.61 bits per heavy atom. The fraction of sp³-hybridized carbons (Fsp3) is 0.471. The number of ether oxygens (including phenoxy) is 1. The maximum atomic E-state index is 6.37. The van der Waals surface area contributed by atoms with Crippen LogP contribution in [0.4, 0.5) is 5.69 Å². The first-order valence-corrected chi connectivity index (χ1v) is 8.48. The van der Waals surface area contributed by atoms with Gasteiger partial charge in [-0.05, 0) is 44.4 Å². The van der Waals surface area contributed by atoms with E-state index in [-0.39, 0.29) is 18.0 Å². The Kier molecular flexibility index (Phi) is 4.92. The predicted molar refractivity (Wildman–Crippen MR) is 99.0 cm³/mol. The van der Waals surface area contributed by atoms with E-state index in [1.807, 2.05) is 24.0 Å². The summed E-state index contributed by atoms with van der Waals surface area (Å²) >= 11 is 1.74. The molecule has 1 aromatic carbocycles. The van der Waals surface area contributed by atoms with E-state index in [4.69, 9.17) is 10.5 Å². The lowest BCUT2D eigenvalue weighted by molar-refractivity contribution is 0.143. The highest BCUT2D eigenvalue weighted by molar-refractivity contribution is 7.99. The molecule has 0 amide bonds. The summed E-state index contributed by atoms with van der Waals surface area (Å²) in [7, 11) is 2.01. The summed E-state index contributed by atoms with van der Waals surface area (Å²) in [6.45, 7) is 8.44. The molecule has 1 aliphatic heterocycles. The Bertz CT molecular complexity index is 705. The maximum absolute atomic E-state index is 6.37. The molecule has 2 aromatic rings. The van der Waals surface area contributed by atoms with Crippen molar-refractivity contribution in [1.82, 2.24) is 9.55 Å². The number of hydrogen-bond acceptors (Lipinski definition) is 4. The number of halogens is 1. The third-order valence-electron chi connectivity index (χ3n) is 4.62. The molecule has 2 heterocycles. The van der Waals surface area contributed by atoms with Crippen molar-refractivity contribution >= 4 is 29.9 Å². The first-order chi connectivity index (χ1) is 10.3. The highest BCUT2D eigenvalue weighted by Crippen LogP contribution is 2.44. The minimum absolute atomic E-state index is 0. The molecule has 0 fully saturated rings. The molecule has 1 aliphatic rings. The van der Waals surface area contributed by atoms with Crippen molar-refractivity contribution < 1.29 is 4.74 Å². The average Bonchev–Trinajstić information content (AvgIpc) is 3.05. The zero-order valence-electron chi connectivity index (χ0n) is 14.3. The Morgan fingerprint density at radius 2 is 2.00 bits per heavy atom. The molecule has 126 valence electrons. The minimum atomic E-state index is -0.214. The Labute approximate surface area is 148 Å². The lowest BCUT2D eigenvalue weighted by atomic mass is 9.93. The molecule has 4 nitrogen and oxygen atoms in total. The van der Waals surface area contributed by atoms with Gasteiger partial charge in [-0.3, -0.25) is 0 Å². The summed E-state index contributed by atoms with van der Waals surface area (Å²) in [5.74, 6) is 1.90. The Hall–Kier alpha value is -1.33. The molecule has 1 aromatic heterocycles. The first kappa shape index (κ1) is 18.0. The van der Waals surface area contributed by atoms with E-state index in [1.54, 1.807) is 11.8 Å². The van der Waals surface area contributed by atoms with E-state index in [9.17, 15) is 0 Å². The van der Waals surface area contributed by atoms with Crippen LogP contribution in [0.15, 0.2) is 17.6 Å². The van der Waals surface area contributed by atoms with Crippen LogP contribution < -0.4 is 10.5 Å². The van der Waals surface area contributed by atoms with Crippen LogP contribution in [0.5, 0.6) is 5.75 Å². The molecular weight excluding hydrogens is 330 g/mol. The highest BCUT2D eigenvalue weighted by Gasteiger charge is 2.38. The second-order valence-electron chi connectivity index (χ2n) is 6.43. The molecule has 2 N–H and O–H groups in total. The van der Waals surface area contributed by atoms with Crippen LogP contribution in [0, 0.1) is 20.8 Å². The number of rotatable bonds is 3. The van der Waals surface area contributed by atoms with Crippen molar-refractivity contribution in [2.75, 3.05) is 11.5 Å². The second kappa shape index (κ2) is 6.29. The summed E-state index contributed by atoms with van der Waals surface area (Å²) in [6, 6.07) is 0. The lowest BCUT2D eigenvalue weighted by Gasteiger charge is -2.23. The summed E-state index contributed by atoms with van der Waals surface area (Å²) < 4.78 is 8.40. The molecule has 1 atom stereocenters. The van der Waals surface area contributed by atoms with Crippen molar-refractivity contribution in [3.05, 3.63) is 34.6 Å². The summed E-state index contributed by atoms with van der Waals surface area (Å²) in [6.07, 6.45) is 4.69. The number of fused-ring (bicyclic) bond motifs is 1. The van der Waals surface area contributed by atoms with Crippen LogP contribution in [0.2, 0.25) is 0 Å². The van der Waals surface area contributed by atoms with E-state index < -0.39 is 0 Å². The van der Waals surface area contributed by atoms with Gasteiger partial charge in [-0.1, -0.05) is 11.8 Å². The largest absolute Gasteiger partial charge is 0.486 e. The molecule has 0 saturated heterocycles. The van der Waals surface area contributed by atoms with Gasteiger partial charge in [-0.25, -0.2) is 4.98 Å². The van der Waals surface area contributed by atoms with Gasteiger partial charge in [0, 0.05) is 42.9 Å². The molecule has 0 radical (unpaired) electrons. The molecule has 0 spiro atoms. The van der Waals surface area contributed by atoms with Gasteiger partial charge in [0.15, 0.2) is 5.16 Å². The van der Waals surface area contributed by atoms with Crippen LogP contribution in [0.25, 0.3) is 0 Å². The van der Waals surface area contributed by atoms with Gasteiger partial charge in [0.2, 0.25) is 0 Å². The van der Waals surface area contributed by atoms with Crippen LogP contribution in [0.1, 0.15) is 29.2 Å². The van der Waals surface area contributed by atoms with Crippen LogP contribution in [-0.4, -0.2) is 20.9 Å². The van der Waals surface area contributed by atoms with Crippen molar-refractivity contribution in [2.45, 2.75) is 44.9 Å². The zero-order chi connectivity index (χ0) is 16.1. The topological polar surface area (TPSA) is 53.1 Å². The lowest BCUT2D eigenvalue weighted by Crippen LogP contribution is -2.33. The van der Waals surface area contributed by atoms with E-state index in [0.717, 1.165) is 34.3 Å². The molecule has 0 aliphatic carbocycles. The molecule has 1 unspecified atom stereocenters. The molecule has 23 heavy (non-hydrogen) atoms. The van der Waals surface area contributed by atoms with Gasteiger partial charge >= 0.3 is 0 Å². The van der Waals surface area contributed by atoms with Gasteiger partial charge in [-0.15, -0.1) is 12.4 Å². The molecule has 6 heteroatoms. The van der Waals surface area contributed by atoms with Crippen molar-refractivity contribution in [2.24, 2.45) is 7.05 Å². The van der Waals surface area contributed by atoms with E-state index in [2.05, 4.69) is 32.7 Å². The van der Waals surface area contributed by atoms with Gasteiger partial charge < -0.3 is 15.0 Å². The summed E-state index contributed by atoms with van der Waals surface area (Å²) in [4.78, 5) is 4.37. The summed E-state index contributed by atoms with van der Waals surface area (Å²) in [5.41, 5.74) is 11.7. The number of anilines is 1. The van der Waals surface area contributed by atoms with Crippen molar-refractivity contribution in [3.63, 3.8) is 0 Å². The Balaban J connectivity index is 0.00000192. The molecule has 0 saturated carbocycles. The number of thioether (sulfide) groups is 1. The van der Waals surface area contributed by atoms with Gasteiger partial charge in [0.05, 0.1) is 0 Å². The smallest absolute Gasteiger partial charge is 0.167 e. The van der Waals surface area contributed by atoms with Gasteiger partial charge in [0.25, 0.3) is 0 Å². The zero-order valence-corrected chi connectivity index (χ0v) is 15.9. The fourth-order valence-electron chi connectivity index (χ4n) is 3.01. The van der Waals surface area contributed by atoms with Gasteiger partial charge in [0.1, 0.15) is 11.4 Å². The molecule has 3 rings (SSSR count). The average molecular weight is 354 g/mol. The van der Waals surface area contributed by atoms with Crippen molar-refractivity contribution in [3.8, 4) is 5.75 Å². The number of nitrogen functional groups attached to an aromatic ring is 1. The second-order valence-corrected chi connectivity index (χ2v) is 7.38. The first-order valence-electron chi connectivity index (χ1n) is 7.49. The van der Waals surface area contributed by atoms with E-state index in [0.29, 0.717) is 0 Å². The third-order valence-corrected chi connectivity index (χ3v) is 6.03. The highest BCUT2D eigenvalue weighted by atomic mass is 35.5. The number of hydrogen-bond donors (Lipinski definition) is 1. The van der Waals surface area contributed by atoms with Gasteiger partial charge in [-0.2, -0.15) is 0 Å². The SMILES string of the molecule is Cc1c(C)c2c(c(C)c1N)CC(C)(CSc1nccn1C)O2.Cl. The number of benzene rings is 1. The maximum Gasteiger partial charge on any atom is 0.167 e. The fourth-order valence-corrected chi connectivity index (χ4v) is 4.00. The standard InChI is InChI=1S/C17H23N3OS.ClH/c1-10-11(2)15-13(12(3)14(10)18)8-17(4,21-15)9-22-16-19-6-7-20(16)5;/h6-7H,8-9,18H2,1-5H3;1H. The third kappa shape index (κ3) is 3.04. The number of aryl methyl sites for hydroxylation is 1. The number of imidazole rings is 1. The van der Waals surface area contributed by atoms with Crippen LogP contribution in [-0.2, 0) is 13.5 Å². The predicted octanol–water partition coefficient (Wildman–Crippen LogP) is 3.84. The quantitative estimate of drug-likeness (QED) is 0.673. The minimum Gasteiger partial charge on any atom is -0.486 e. The van der Waals surface area contributed by atoms with Crippen molar-refractivity contribution in [1.29, 1.82) is 0 Å². The number of nitrogens with two attached hydrogens (primary N) is 1. The number of nitrogens with zero attached hydrogens (tertiary/aromatic N) is 2. The van der Waals surface area contributed by atoms with E-state index >= 15 is 0 Å². The number of aromatic nitrogens is 2. The monoisotopic (exact) mass is 353 g/mol. The van der Waals surface area contributed by atoms with E-state index in [1.165, 1.54) is 16.7 Å². The molecular formula is C17H24ClN3OS. The van der Waals surface area contributed by atoms with Crippen LogP contribution >= 0.6 is 24.2 Å². The Morgan fingerprint density at radius 1 is 1.30 bits per heavy atom. The van der Waals surface area contributed by atoms with Crippen LogP contribution in [0.3, 0.4) is 0 Å². The molecule has 0 bridgehead atoms. The summed E-state index contributed by atoms with van der Waals surface area (Å²) in [5, 5.41) is 1.02.